The molecule has 5 nitrogen and oxygen atoms in total. The molecule has 110 valence electrons. The van der Waals surface area contributed by atoms with Crippen molar-refractivity contribution in [2.24, 2.45) is 0 Å². The molecule has 0 bridgehead atoms. The molecule has 0 atom stereocenters. The zero-order valence-corrected chi connectivity index (χ0v) is 11.7. The lowest BCUT2D eigenvalue weighted by atomic mass is 10.3. The highest BCUT2D eigenvalue weighted by Gasteiger charge is 2.10. The molecule has 3 aromatic rings. The number of amides is 1. The Morgan fingerprint density at radius 3 is 2.23 bits per heavy atom. The molecule has 5 heteroatoms. The van der Waals surface area contributed by atoms with Crippen molar-refractivity contribution >= 4 is 17.5 Å². The van der Waals surface area contributed by atoms with Crippen LogP contribution in [0.5, 0.6) is 11.5 Å². The minimum absolute atomic E-state index is 0.169. The lowest BCUT2D eigenvalue weighted by Gasteiger charge is -2.07. The molecule has 0 aliphatic heterocycles. The third-order valence-corrected chi connectivity index (χ3v) is 2.94. The molecule has 1 aromatic heterocycles. The van der Waals surface area contributed by atoms with E-state index in [9.17, 15) is 4.79 Å². The van der Waals surface area contributed by atoms with Crippen LogP contribution < -0.4 is 15.8 Å². The maximum atomic E-state index is 11.9. The van der Waals surface area contributed by atoms with Gasteiger partial charge in [-0.3, -0.25) is 4.79 Å². The third-order valence-electron chi connectivity index (χ3n) is 2.94. The molecule has 0 spiro atoms. The van der Waals surface area contributed by atoms with E-state index >= 15 is 0 Å². The molecule has 0 saturated carbocycles. The zero-order valence-electron chi connectivity index (χ0n) is 11.7. The normalized spacial score (nSPS) is 10.2. The fraction of sp³-hybridized carbons (Fsp3) is 0. The third kappa shape index (κ3) is 3.27. The van der Waals surface area contributed by atoms with Gasteiger partial charge in [0.2, 0.25) is 0 Å². The summed E-state index contributed by atoms with van der Waals surface area (Å²) in [6, 6.07) is 19.6. The predicted octanol–water partition coefficient (Wildman–Crippen LogP) is 3.91. The van der Waals surface area contributed by atoms with Gasteiger partial charge in [-0.15, -0.1) is 0 Å². The number of hydrogen-bond acceptors (Lipinski definition) is 4. The Balaban J connectivity index is 1.65. The molecule has 3 N–H and O–H groups in total. The summed E-state index contributed by atoms with van der Waals surface area (Å²) in [6.07, 6.45) is 0. The smallest absolute Gasteiger partial charge is 0.291 e. The Kier molecular flexibility index (Phi) is 3.78. The molecule has 0 radical (unpaired) electrons. The summed E-state index contributed by atoms with van der Waals surface area (Å²) in [6.45, 7) is 0. The molecule has 1 amide bonds. The van der Waals surface area contributed by atoms with Crippen LogP contribution >= 0.6 is 0 Å². The van der Waals surface area contributed by atoms with Crippen LogP contribution in [0, 0.1) is 0 Å². The molecule has 0 aliphatic carbocycles. The molecular weight excluding hydrogens is 280 g/mol. The SMILES string of the molecule is Nc1ccc(C(=O)Nc2ccc(Oc3ccccc3)cc2)o1. The van der Waals surface area contributed by atoms with Gasteiger partial charge in [-0.05, 0) is 42.5 Å². The maximum absolute atomic E-state index is 11.9. The average molecular weight is 294 g/mol. The van der Waals surface area contributed by atoms with E-state index in [2.05, 4.69) is 5.32 Å². The standard InChI is InChI=1S/C17H14N2O3/c18-16-11-10-15(22-16)17(20)19-12-6-8-14(9-7-12)21-13-4-2-1-3-5-13/h1-11H,18H2,(H,19,20). The van der Waals surface area contributed by atoms with Crippen molar-refractivity contribution in [3.05, 3.63) is 72.5 Å². The number of nitrogens with one attached hydrogen (secondary N) is 1. The number of benzene rings is 2. The van der Waals surface area contributed by atoms with Crippen LogP contribution in [-0.2, 0) is 0 Å². The van der Waals surface area contributed by atoms with Crippen LogP contribution in [0.2, 0.25) is 0 Å². The summed E-state index contributed by atoms with van der Waals surface area (Å²) in [5, 5.41) is 2.72. The molecule has 0 aliphatic rings. The largest absolute Gasteiger partial charge is 0.457 e. The van der Waals surface area contributed by atoms with Crippen LogP contribution in [0.1, 0.15) is 10.6 Å². The van der Waals surface area contributed by atoms with Crippen LogP contribution in [-0.4, -0.2) is 5.91 Å². The minimum Gasteiger partial charge on any atom is -0.457 e. The van der Waals surface area contributed by atoms with Crippen molar-refractivity contribution < 1.29 is 13.9 Å². The Labute approximate surface area is 127 Å². The number of nitrogen functional groups attached to an aromatic ring is 1. The fourth-order valence-electron chi connectivity index (χ4n) is 1.90. The van der Waals surface area contributed by atoms with Crippen molar-refractivity contribution in [3.63, 3.8) is 0 Å². The van der Waals surface area contributed by atoms with Gasteiger partial charge in [-0.2, -0.15) is 0 Å². The topological polar surface area (TPSA) is 77.5 Å². The molecular formula is C17H14N2O3. The molecule has 0 saturated heterocycles. The molecule has 2 aromatic carbocycles. The Bertz CT molecular complexity index is 764. The number of hydrogen-bond donors (Lipinski definition) is 2. The summed E-state index contributed by atoms with van der Waals surface area (Å²) >= 11 is 0. The van der Waals surface area contributed by atoms with Gasteiger partial charge in [0.05, 0.1) is 0 Å². The highest BCUT2D eigenvalue weighted by atomic mass is 16.5. The van der Waals surface area contributed by atoms with E-state index in [0.717, 1.165) is 5.75 Å². The number of para-hydroxylation sites is 1. The number of carbonyl (C=O) groups excluding carboxylic acids is 1. The first-order chi connectivity index (χ1) is 10.7. The maximum Gasteiger partial charge on any atom is 0.291 e. The van der Waals surface area contributed by atoms with Crippen molar-refractivity contribution in [2.75, 3.05) is 11.1 Å². The van der Waals surface area contributed by atoms with Crippen LogP contribution in [0.4, 0.5) is 11.6 Å². The van der Waals surface area contributed by atoms with Gasteiger partial charge in [0.1, 0.15) is 11.5 Å². The first kappa shape index (κ1) is 13.8. The molecule has 1 heterocycles. The van der Waals surface area contributed by atoms with E-state index in [-0.39, 0.29) is 17.6 Å². The van der Waals surface area contributed by atoms with Gasteiger partial charge >= 0.3 is 0 Å². The second-order valence-electron chi connectivity index (χ2n) is 4.60. The summed E-state index contributed by atoms with van der Waals surface area (Å²) in [4.78, 5) is 11.9. The monoisotopic (exact) mass is 294 g/mol. The summed E-state index contributed by atoms with van der Waals surface area (Å²) < 4.78 is 10.7. The number of carbonyl (C=O) groups is 1. The van der Waals surface area contributed by atoms with E-state index in [1.807, 2.05) is 30.3 Å². The van der Waals surface area contributed by atoms with Crippen molar-refractivity contribution in [3.8, 4) is 11.5 Å². The first-order valence-corrected chi connectivity index (χ1v) is 6.70. The summed E-state index contributed by atoms with van der Waals surface area (Å²) in [7, 11) is 0. The van der Waals surface area contributed by atoms with Gasteiger partial charge in [0.15, 0.2) is 11.6 Å². The van der Waals surface area contributed by atoms with Gasteiger partial charge < -0.3 is 20.2 Å². The molecule has 0 unspecified atom stereocenters. The highest BCUT2D eigenvalue weighted by molar-refractivity contribution is 6.02. The van der Waals surface area contributed by atoms with Gasteiger partial charge in [0.25, 0.3) is 5.91 Å². The minimum atomic E-state index is -0.353. The quantitative estimate of drug-likeness (QED) is 0.764. The summed E-state index contributed by atoms with van der Waals surface area (Å²) in [5.41, 5.74) is 6.08. The number of furan rings is 1. The number of anilines is 2. The first-order valence-electron chi connectivity index (χ1n) is 6.70. The lowest BCUT2D eigenvalue weighted by molar-refractivity contribution is 0.0997. The second kappa shape index (κ2) is 6.05. The molecule has 3 rings (SSSR count). The lowest BCUT2D eigenvalue weighted by Crippen LogP contribution is -2.10. The van der Waals surface area contributed by atoms with Crippen molar-refractivity contribution in [1.29, 1.82) is 0 Å². The Morgan fingerprint density at radius 1 is 0.909 bits per heavy atom. The van der Waals surface area contributed by atoms with Gasteiger partial charge in [-0.25, -0.2) is 0 Å². The van der Waals surface area contributed by atoms with Gasteiger partial charge in [-0.1, -0.05) is 18.2 Å². The van der Waals surface area contributed by atoms with Crippen LogP contribution in [0.3, 0.4) is 0 Å². The van der Waals surface area contributed by atoms with Crippen LogP contribution in [0.25, 0.3) is 0 Å². The Morgan fingerprint density at radius 2 is 1.59 bits per heavy atom. The zero-order chi connectivity index (χ0) is 15.4. The number of ether oxygens (including phenoxy) is 1. The molecule has 22 heavy (non-hydrogen) atoms. The predicted molar refractivity (Wildman–Crippen MR) is 84.0 cm³/mol. The van der Waals surface area contributed by atoms with E-state index in [1.165, 1.54) is 12.1 Å². The molecule has 0 fully saturated rings. The number of rotatable bonds is 4. The second-order valence-corrected chi connectivity index (χ2v) is 4.60. The highest BCUT2D eigenvalue weighted by Crippen LogP contribution is 2.23. The van der Waals surface area contributed by atoms with Crippen LogP contribution in [0.15, 0.2) is 71.1 Å². The number of nitrogens with two attached hydrogens (primary N) is 1. The van der Waals surface area contributed by atoms with E-state index in [0.29, 0.717) is 11.4 Å². The van der Waals surface area contributed by atoms with Crippen molar-refractivity contribution in [1.82, 2.24) is 0 Å². The van der Waals surface area contributed by atoms with E-state index in [1.54, 1.807) is 24.3 Å². The van der Waals surface area contributed by atoms with Crippen molar-refractivity contribution in [2.45, 2.75) is 0 Å². The summed E-state index contributed by atoms with van der Waals surface area (Å²) in [5.74, 6) is 1.46. The van der Waals surface area contributed by atoms with E-state index in [4.69, 9.17) is 14.9 Å². The Hall–Kier alpha value is -3.21. The fourth-order valence-corrected chi connectivity index (χ4v) is 1.90. The van der Waals surface area contributed by atoms with Gasteiger partial charge in [0, 0.05) is 11.8 Å². The average Bonchev–Trinajstić information content (AvgIpc) is 2.97. The van der Waals surface area contributed by atoms with E-state index < -0.39 is 0 Å².